The Morgan fingerprint density at radius 1 is 0.806 bits per heavy atom. The lowest BCUT2D eigenvalue weighted by molar-refractivity contribution is 0.124. The molecule has 0 radical (unpaired) electrons. The highest BCUT2D eigenvalue weighted by Gasteiger charge is 2.38. The Morgan fingerprint density at radius 3 is 1.72 bits per heavy atom. The zero-order valence-electron chi connectivity index (χ0n) is 20.2. The number of hydrogen-bond donors (Lipinski definition) is 1. The standard InChI is InChI=1S/C30H28BNO3S/c1-24(34-31(33)35-36-23-26-19-17-25(22-32)18-20-26)21-30(27-11-5-2-6-12-27,28-13-7-3-8-14-28)29-15-9-4-10-16-29/h2-20,24,33H,21,23H2,1H3. The van der Waals surface area contributed by atoms with Crippen LogP contribution in [-0.4, -0.2) is 18.4 Å². The van der Waals surface area contributed by atoms with Crippen LogP contribution < -0.4 is 0 Å². The van der Waals surface area contributed by atoms with Crippen LogP contribution in [-0.2, 0) is 19.9 Å². The van der Waals surface area contributed by atoms with Crippen molar-refractivity contribution in [3.63, 3.8) is 0 Å². The average Bonchev–Trinajstić information content (AvgIpc) is 2.93. The van der Waals surface area contributed by atoms with E-state index >= 15 is 0 Å². The fourth-order valence-corrected chi connectivity index (χ4v) is 5.12. The fourth-order valence-electron chi connectivity index (χ4n) is 4.56. The van der Waals surface area contributed by atoms with E-state index in [-0.39, 0.29) is 6.10 Å². The average molecular weight is 493 g/mol. The highest BCUT2D eigenvalue weighted by Crippen LogP contribution is 2.43. The molecule has 0 saturated heterocycles. The zero-order chi connectivity index (χ0) is 25.2. The first kappa shape index (κ1) is 25.7. The summed E-state index contributed by atoms with van der Waals surface area (Å²) in [6.07, 6.45) is 0.280. The van der Waals surface area contributed by atoms with Crippen molar-refractivity contribution in [3.8, 4) is 6.07 Å². The molecule has 0 aromatic heterocycles. The molecule has 180 valence electrons. The van der Waals surface area contributed by atoms with Gasteiger partial charge in [-0.05, 0) is 59.8 Å². The van der Waals surface area contributed by atoms with Crippen molar-refractivity contribution < 1.29 is 13.8 Å². The van der Waals surface area contributed by atoms with E-state index in [0.29, 0.717) is 17.7 Å². The van der Waals surface area contributed by atoms with Crippen molar-refractivity contribution in [2.45, 2.75) is 30.6 Å². The highest BCUT2D eigenvalue weighted by atomic mass is 32.2. The summed E-state index contributed by atoms with van der Waals surface area (Å²) in [4.78, 5) is 0. The van der Waals surface area contributed by atoms with Crippen LogP contribution >= 0.6 is 12.0 Å². The maximum atomic E-state index is 10.5. The number of hydrogen-bond acceptors (Lipinski definition) is 5. The van der Waals surface area contributed by atoms with Crippen LogP contribution in [0.5, 0.6) is 0 Å². The van der Waals surface area contributed by atoms with Gasteiger partial charge in [0, 0.05) is 17.3 Å². The second kappa shape index (κ2) is 12.6. The van der Waals surface area contributed by atoms with Gasteiger partial charge in [-0.15, -0.1) is 0 Å². The molecule has 6 heteroatoms. The van der Waals surface area contributed by atoms with Gasteiger partial charge in [0.2, 0.25) is 0 Å². The van der Waals surface area contributed by atoms with Crippen LogP contribution in [0.25, 0.3) is 0 Å². The van der Waals surface area contributed by atoms with Crippen molar-refractivity contribution >= 4 is 19.4 Å². The Morgan fingerprint density at radius 2 is 1.28 bits per heavy atom. The monoisotopic (exact) mass is 493 g/mol. The Kier molecular flexibility index (Phi) is 8.99. The third-order valence-corrected chi connectivity index (χ3v) is 6.95. The van der Waals surface area contributed by atoms with E-state index in [2.05, 4.69) is 78.9 Å². The molecule has 4 aromatic rings. The first-order valence-electron chi connectivity index (χ1n) is 11.9. The lowest BCUT2D eigenvalue weighted by atomic mass is 9.66. The number of benzene rings is 4. The molecule has 1 atom stereocenters. The van der Waals surface area contributed by atoms with E-state index < -0.39 is 12.7 Å². The Hall–Kier alpha value is -3.34. The minimum atomic E-state index is -1.37. The molecule has 0 aliphatic rings. The minimum absolute atomic E-state index is 0.323. The van der Waals surface area contributed by atoms with E-state index in [1.54, 1.807) is 12.1 Å². The van der Waals surface area contributed by atoms with Crippen LogP contribution in [0.1, 0.15) is 41.2 Å². The van der Waals surface area contributed by atoms with Gasteiger partial charge in [0.1, 0.15) is 0 Å². The normalized spacial score (nSPS) is 12.0. The predicted octanol–water partition coefficient (Wildman–Crippen LogP) is 6.53. The first-order chi connectivity index (χ1) is 17.6. The van der Waals surface area contributed by atoms with Crippen molar-refractivity contribution in [3.05, 3.63) is 143 Å². The lowest BCUT2D eigenvalue weighted by Crippen LogP contribution is -2.36. The van der Waals surface area contributed by atoms with Gasteiger partial charge in [-0.1, -0.05) is 103 Å². The van der Waals surface area contributed by atoms with Gasteiger partial charge in [-0.3, -0.25) is 0 Å². The largest absolute Gasteiger partial charge is 0.648 e. The summed E-state index contributed by atoms with van der Waals surface area (Å²) in [5, 5.41) is 19.4. The molecule has 0 aliphatic heterocycles. The quantitative estimate of drug-likeness (QED) is 0.146. The molecule has 4 aromatic carbocycles. The third-order valence-electron chi connectivity index (χ3n) is 6.20. The van der Waals surface area contributed by atoms with Gasteiger partial charge in [-0.2, -0.15) is 5.26 Å². The third kappa shape index (κ3) is 6.26. The Balaban J connectivity index is 1.51. The van der Waals surface area contributed by atoms with E-state index in [0.717, 1.165) is 34.3 Å². The molecule has 36 heavy (non-hydrogen) atoms. The molecule has 0 bridgehead atoms. The Bertz CT molecular complexity index is 1150. The van der Waals surface area contributed by atoms with E-state index in [1.165, 1.54) is 0 Å². The highest BCUT2D eigenvalue weighted by molar-refractivity contribution is 7.94. The lowest BCUT2D eigenvalue weighted by Gasteiger charge is -2.38. The van der Waals surface area contributed by atoms with E-state index in [9.17, 15) is 5.02 Å². The molecular formula is C30H28BNO3S. The van der Waals surface area contributed by atoms with Crippen molar-refractivity contribution in [2.75, 3.05) is 0 Å². The maximum absolute atomic E-state index is 10.5. The molecule has 0 saturated carbocycles. The maximum Gasteiger partial charge on any atom is 0.648 e. The van der Waals surface area contributed by atoms with Crippen molar-refractivity contribution in [1.29, 1.82) is 5.26 Å². The molecule has 0 heterocycles. The predicted molar refractivity (Wildman–Crippen MR) is 146 cm³/mol. The SMILES string of the molecule is CC(CC(c1ccccc1)(c1ccccc1)c1ccccc1)OB(O)OSCc1ccc(C#N)cc1. The van der Waals surface area contributed by atoms with Gasteiger partial charge in [0.15, 0.2) is 0 Å². The van der Waals surface area contributed by atoms with Gasteiger partial charge in [0.05, 0.1) is 11.6 Å². The molecule has 0 fully saturated rings. The summed E-state index contributed by atoms with van der Waals surface area (Å²) in [6, 6.07) is 40.6. The van der Waals surface area contributed by atoms with Gasteiger partial charge < -0.3 is 13.8 Å². The molecule has 4 rings (SSSR count). The van der Waals surface area contributed by atoms with E-state index in [4.69, 9.17) is 14.0 Å². The molecule has 0 amide bonds. The Labute approximate surface area is 217 Å². The van der Waals surface area contributed by atoms with Crippen LogP contribution in [0.3, 0.4) is 0 Å². The number of nitrogens with zero attached hydrogens (tertiary/aromatic N) is 1. The summed E-state index contributed by atoms with van der Waals surface area (Å²) >= 11 is 1.12. The molecule has 4 nitrogen and oxygen atoms in total. The molecule has 0 aliphatic carbocycles. The fraction of sp³-hybridized carbons (Fsp3) is 0.167. The van der Waals surface area contributed by atoms with Crippen LogP contribution in [0, 0.1) is 11.3 Å². The summed E-state index contributed by atoms with van der Waals surface area (Å²) in [6.45, 7) is 1.96. The zero-order valence-corrected chi connectivity index (χ0v) is 21.0. The summed E-state index contributed by atoms with van der Waals surface area (Å²) in [7, 11) is -1.37. The second-order valence-corrected chi connectivity index (χ2v) is 9.35. The van der Waals surface area contributed by atoms with Crippen LogP contribution in [0.4, 0.5) is 0 Å². The molecular weight excluding hydrogens is 465 g/mol. The van der Waals surface area contributed by atoms with Crippen LogP contribution in [0.2, 0.25) is 0 Å². The number of nitriles is 1. The minimum Gasteiger partial charge on any atom is -0.401 e. The smallest absolute Gasteiger partial charge is 0.401 e. The first-order valence-corrected chi connectivity index (χ1v) is 12.8. The van der Waals surface area contributed by atoms with Crippen LogP contribution in [0.15, 0.2) is 115 Å². The second-order valence-electron chi connectivity index (χ2n) is 8.63. The summed E-state index contributed by atoms with van der Waals surface area (Å²) < 4.78 is 11.4. The molecule has 0 spiro atoms. The van der Waals surface area contributed by atoms with Crippen molar-refractivity contribution in [2.24, 2.45) is 0 Å². The molecule has 1 N–H and O–H groups in total. The summed E-state index contributed by atoms with van der Waals surface area (Å²) in [5.41, 5.74) is 4.60. The van der Waals surface area contributed by atoms with E-state index in [1.807, 2.05) is 37.3 Å². The van der Waals surface area contributed by atoms with Gasteiger partial charge >= 0.3 is 7.32 Å². The summed E-state index contributed by atoms with van der Waals surface area (Å²) in [5.74, 6) is 0.530. The van der Waals surface area contributed by atoms with Gasteiger partial charge in [0.25, 0.3) is 0 Å². The topological polar surface area (TPSA) is 62.5 Å². The molecule has 1 unspecified atom stereocenters. The van der Waals surface area contributed by atoms with Crippen molar-refractivity contribution in [1.82, 2.24) is 0 Å². The van der Waals surface area contributed by atoms with Gasteiger partial charge in [-0.25, -0.2) is 0 Å². The number of rotatable bonds is 11.